The van der Waals surface area contributed by atoms with Gasteiger partial charge in [-0.15, -0.1) is 0 Å². The lowest BCUT2D eigenvalue weighted by Gasteiger charge is -2.08. The van der Waals surface area contributed by atoms with E-state index in [1.165, 1.54) is 0 Å². The van der Waals surface area contributed by atoms with Gasteiger partial charge in [0.25, 0.3) is 0 Å². The number of nitrogens with two attached hydrogens (primary N) is 1. The zero-order chi connectivity index (χ0) is 10.7. The van der Waals surface area contributed by atoms with Gasteiger partial charge in [0, 0.05) is 0 Å². The monoisotopic (exact) mass is 325 g/mol. The van der Waals surface area contributed by atoms with Gasteiger partial charge in [0.15, 0.2) is 5.82 Å². The second-order valence-electron chi connectivity index (χ2n) is 2.89. The van der Waals surface area contributed by atoms with Crippen molar-refractivity contribution in [2.24, 2.45) is 5.73 Å². The highest BCUT2D eigenvalue weighted by Crippen LogP contribution is 2.35. The summed E-state index contributed by atoms with van der Waals surface area (Å²) in [5.74, 6) is -0.529. The highest BCUT2D eigenvalue weighted by molar-refractivity contribution is 9.11. The summed E-state index contributed by atoms with van der Waals surface area (Å²) in [6.45, 7) is 0.548. The Bertz CT molecular complexity index is 344. The lowest BCUT2D eigenvalue weighted by atomic mass is 10.1. The molecule has 0 aliphatic rings. The zero-order valence-electron chi connectivity index (χ0n) is 7.36. The van der Waals surface area contributed by atoms with Crippen LogP contribution in [0.1, 0.15) is 12.0 Å². The fourth-order valence-electron chi connectivity index (χ4n) is 1.12. The fraction of sp³-hybridized carbons (Fsp3) is 0.333. The van der Waals surface area contributed by atoms with Crippen molar-refractivity contribution in [1.82, 2.24) is 0 Å². The van der Waals surface area contributed by atoms with Crippen molar-refractivity contribution in [2.75, 3.05) is 6.54 Å². The normalized spacial score (nSPS) is 10.6. The quantitative estimate of drug-likeness (QED) is 0.839. The van der Waals surface area contributed by atoms with Crippen LogP contribution in [-0.4, -0.2) is 11.7 Å². The van der Waals surface area contributed by atoms with E-state index >= 15 is 0 Å². The average molecular weight is 327 g/mol. The van der Waals surface area contributed by atoms with Gasteiger partial charge in [-0.25, -0.2) is 4.39 Å². The van der Waals surface area contributed by atoms with Crippen molar-refractivity contribution >= 4 is 31.9 Å². The summed E-state index contributed by atoms with van der Waals surface area (Å²) >= 11 is 6.06. The van der Waals surface area contributed by atoms with Crippen molar-refractivity contribution in [3.8, 4) is 5.75 Å². The molecule has 0 heterocycles. The number of phenols is 1. The first kappa shape index (κ1) is 11.9. The Kier molecular flexibility index (Phi) is 4.34. The molecule has 1 aromatic carbocycles. The van der Waals surface area contributed by atoms with Crippen LogP contribution >= 0.6 is 31.9 Å². The van der Waals surface area contributed by atoms with Gasteiger partial charge < -0.3 is 10.8 Å². The second kappa shape index (κ2) is 5.09. The average Bonchev–Trinajstić information content (AvgIpc) is 2.18. The predicted octanol–water partition coefficient (Wildman–Crippen LogP) is 2.95. The van der Waals surface area contributed by atoms with Crippen LogP contribution in [0.15, 0.2) is 15.0 Å². The maximum atomic E-state index is 13.2. The number of phenolic OH excluding ortho intramolecular Hbond substituents is 1. The Hall–Kier alpha value is -0.130. The Morgan fingerprint density at radius 3 is 2.64 bits per heavy atom. The summed E-state index contributed by atoms with van der Waals surface area (Å²) in [5, 5.41) is 9.58. The van der Waals surface area contributed by atoms with E-state index in [9.17, 15) is 9.50 Å². The van der Waals surface area contributed by atoms with E-state index in [1.807, 2.05) is 0 Å². The molecule has 3 N–H and O–H groups in total. The second-order valence-corrected chi connectivity index (χ2v) is 4.53. The highest BCUT2D eigenvalue weighted by Gasteiger charge is 2.13. The maximum Gasteiger partial charge on any atom is 0.155 e. The van der Waals surface area contributed by atoms with Crippen LogP contribution in [0.5, 0.6) is 5.75 Å². The fourth-order valence-corrected chi connectivity index (χ4v) is 2.33. The van der Waals surface area contributed by atoms with Crippen LogP contribution in [0.25, 0.3) is 0 Å². The molecule has 0 aliphatic heterocycles. The molecule has 1 aromatic rings. The molecule has 0 aliphatic carbocycles. The van der Waals surface area contributed by atoms with E-state index in [2.05, 4.69) is 31.9 Å². The van der Waals surface area contributed by atoms with E-state index in [0.29, 0.717) is 23.0 Å². The first-order valence-corrected chi connectivity index (χ1v) is 5.72. The number of aromatic hydroxyl groups is 1. The summed E-state index contributed by atoms with van der Waals surface area (Å²) in [6.07, 6.45) is 1.40. The number of halogens is 3. The number of rotatable bonds is 3. The largest absolute Gasteiger partial charge is 0.506 e. The van der Waals surface area contributed by atoms with Crippen molar-refractivity contribution in [1.29, 1.82) is 0 Å². The summed E-state index contributed by atoms with van der Waals surface area (Å²) in [6, 6.07) is 1.57. The third-order valence-corrected chi connectivity index (χ3v) is 3.17. The molecular formula is C9H10Br2FNO. The number of hydrogen-bond donors (Lipinski definition) is 2. The molecule has 0 spiro atoms. The number of aryl methyl sites for hydroxylation is 1. The van der Waals surface area contributed by atoms with Crippen molar-refractivity contribution in [3.05, 3.63) is 26.4 Å². The van der Waals surface area contributed by atoms with Crippen LogP contribution in [0.4, 0.5) is 4.39 Å². The van der Waals surface area contributed by atoms with E-state index < -0.39 is 5.82 Å². The van der Waals surface area contributed by atoms with E-state index in [-0.39, 0.29) is 10.2 Å². The van der Waals surface area contributed by atoms with Gasteiger partial charge in [-0.3, -0.25) is 0 Å². The molecule has 0 aromatic heterocycles. The van der Waals surface area contributed by atoms with Crippen LogP contribution in [0.3, 0.4) is 0 Å². The first-order valence-electron chi connectivity index (χ1n) is 4.13. The van der Waals surface area contributed by atoms with Crippen LogP contribution in [-0.2, 0) is 6.42 Å². The number of hydrogen-bond acceptors (Lipinski definition) is 2. The molecule has 78 valence electrons. The highest BCUT2D eigenvalue weighted by atomic mass is 79.9. The molecule has 5 heteroatoms. The SMILES string of the molecule is NCCCc1cc(Br)c(F)c(Br)c1O. The molecule has 2 nitrogen and oxygen atoms in total. The van der Waals surface area contributed by atoms with Gasteiger partial charge in [-0.1, -0.05) is 0 Å². The third-order valence-electron chi connectivity index (χ3n) is 1.87. The minimum Gasteiger partial charge on any atom is -0.506 e. The lowest BCUT2D eigenvalue weighted by molar-refractivity contribution is 0.455. The summed E-state index contributed by atoms with van der Waals surface area (Å²) < 4.78 is 13.7. The van der Waals surface area contributed by atoms with Crippen molar-refractivity contribution in [3.63, 3.8) is 0 Å². The molecule has 14 heavy (non-hydrogen) atoms. The molecule has 0 bridgehead atoms. The molecule has 0 fully saturated rings. The molecular weight excluding hydrogens is 317 g/mol. The molecule has 0 radical (unpaired) electrons. The van der Waals surface area contributed by atoms with Crippen molar-refractivity contribution in [2.45, 2.75) is 12.8 Å². The Morgan fingerprint density at radius 1 is 1.43 bits per heavy atom. The van der Waals surface area contributed by atoms with Crippen LogP contribution < -0.4 is 5.73 Å². The zero-order valence-corrected chi connectivity index (χ0v) is 10.5. The first-order chi connectivity index (χ1) is 6.57. The van der Waals surface area contributed by atoms with Gasteiger partial charge in [-0.2, -0.15) is 0 Å². The van der Waals surface area contributed by atoms with Gasteiger partial charge in [0.2, 0.25) is 0 Å². The predicted molar refractivity (Wildman–Crippen MR) is 60.8 cm³/mol. The third kappa shape index (κ3) is 2.46. The summed E-state index contributed by atoms with van der Waals surface area (Å²) in [4.78, 5) is 0. The van der Waals surface area contributed by atoms with Gasteiger partial charge >= 0.3 is 0 Å². The maximum absolute atomic E-state index is 13.2. The van der Waals surface area contributed by atoms with Crippen LogP contribution in [0.2, 0.25) is 0 Å². The lowest BCUT2D eigenvalue weighted by Crippen LogP contribution is -2.01. The number of benzene rings is 1. The smallest absolute Gasteiger partial charge is 0.155 e. The molecule has 0 atom stereocenters. The minimum atomic E-state index is -0.487. The minimum absolute atomic E-state index is 0.0425. The Balaban J connectivity index is 3.06. The van der Waals surface area contributed by atoms with Gasteiger partial charge in [0.05, 0.1) is 8.95 Å². The summed E-state index contributed by atoms with van der Waals surface area (Å²) in [7, 11) is 0. The topological polar surface area (TPSA) is 46.2 Å². The van der Waals surface area contributed by atoms with Gasteiger partial charge in [-0.05, 0) is 62.9 Å². The van der Waals surface area contributed by atoms with Crippen LogP contribution in [0, 0.1) is 5.82 Å². The molecule has 1 rings (SSSR count). The Labute approximate surface area is 98.6 Å². The molecule has 0 saturated heterocycles. The Morgan fingerprint density at radius 2 is 2.07 bits per heavy atom. The standard InChI is InChI=1S/C9H10Br2FNO/c10-6-4-5(2-1-3-13)9(14)7(11)8(6)12/h4,14H,1-3,13H2. The van der Waals surface area contributed by atoms with E-state index in [1.54, 1.807) is 6.07 Å². The van der Waals surface area contributed by atoms with E-state index in [0.717, 1.165) is 6.42 Å². The summed E-state index contributed by atoms with van der Waals surface area (Å²) in [5.41, 5.74) is 6.04. The molecule has 0 amide bonds. The van der Waals surface area contributed by atoms with Crippen molar-refractivity contribution < 1.29 is 9.50 Å². The van der Waals surface area contributed by atoms with E-state index in [4.69, 9.17) is 5.73 Å². The van der Waals surface area contributed by atoms with Gasteiger partial charge in [0.1, 0.15) is 5.75 Å². The molecule has 0 saturated carbocycles. The molecule has 0 unspecified atom stereocenters.